The van der Waals surface area contributed by atoms with Gasteiger partial charge >= 0.3 is 0 Å². The minimum Gasteiger partial charge on any atom is -0.550 e. The SMILES string of the molecule is C[NH+](C)CCN1C(=O)COc2ccc(NC(=O)CCC(=O)[O-])cc21. The first kappa shape index (κ1) is 17.7. The van der Waals surface area contributed by atoms with Crippen LogP contribution in [0, 0.1) is 0 Å². The lowest BCUT2D eigenvalue weighted by molar-refractivity contribution is -0.856. The number of rotatable bonds is 7. The van der Waals surface area contributed by atoms with Crippen LogP contribution in [-0.4, -0.2) is 51.6 Å². The maximum Gasteiger partial charge on any atom is 0.265 e. The van der Waals surface area contributed by atoms with E-state index in [1.54, 1.807) is 23.1 Å². The normalized spacial score (nSPS) is 13.5. The van der Waals surface area contributed by atoms with Crippen LogP contribution < -0.4 is 25.0 Å². The van der Waals surface area contributed by atoms with Gasteiger partial charge in [0.2, 0.25) is 5.91 Å². The third-order valence-corrected chi connectivity index (χ3v) is 3.58. The number of carboxylic acids is 1. The maximum absolute atomic E-state index is 12.1. The molecule has 1 aliphatic heterocycles. The molecule has 0 unspecified atom stereocenters. The van der Waals surface area contributed by atoms with Crippen molar-refractivity contribution in [3.63, 3.8) is 0 Å². The van der Waals surface area contributed by atoms with Crippen molar-refractivity contribution in [2.24, 2.45) is 0 Å². The molecule has 2 amide bonds. The van der Waals surface area contributed by atoms with E-state index in [4.69, 9.17) is 4.74 Å². The highest BCUT2D eigenvalue weighted by Gasteiger charge is 2.26. The van der Waals surface area contributed by atoms with Gasteiger partial charge in [-0.1, -0.05) is 0 Å². The summed E-state index contributed by atoms with van der Waals surface area (Å²) in [7, 11) is 4.00. The summed E-state index contributed by atoms with van der Waals surface area (Å²) in [6.45, 7) is 1.31. The first-order valence-corrected chi connectivity index (χ1v) is 7.72. The summed E-state index contributed by atoms with van der Waals surface area (Å²) in [5, 5.41) is 13.0. The van der Waals surface area contributed by atoms with Crippen molar-refractivity contribution < 1.29 is 29.1 Å². The Balaban J connectivity index is 2.13. The smallest absolute Gasteiger partial charge is 0.265 e. The zero-order chi connectivity index (χ0) is 17.7. The molecule has 24 heavy (non-hydrogen) atoms. The van der Waals surface area contributed by atoms with Crippen LogP contribution in [-0.2, 0) is 14.4 Å². The van der Waals surface area contributed by atoms with E-state index in [0.29, 0.717) is 23.7 Å². The second kappa shape index (κ2) is 7.78. The van der Waals surface area contributed by atoms with Crippen LogP contribution in [0.25, 0.3) is 0 Å². The van der Waals surface area contributed by atoms with E-state index in [-0.39, 0.29) is 25.4 Å². The van der Waals surface area contributed by atoms with E-state index >= 15 is 0 Å². The van der Waals surface area contributed by atoms with Crippen LogP contribution >= 0.6 is 0 Å². The molecule has 0 spiro atoms. The number of anilines is 2. The van der Waals surface area contributed by atoms with E-state index in [0.717, 1.165) is 6.54 Å². The summed E-state index contributed by atoms with van der Waals surface area (Å²) < 4.78 is 5.42. The number of ether oxygens (including phenoxy) is 1. The molecule has 0 aromatic heterocycles. The van der Waals surface area contributed by atoms with Gasteiger partial charge in [0.25, 0.3) is 5.91 Å². The third kappa shape index (κ3) is 4.69. The number of likely N-dealkylation sites (N-methyl/N-ethyl adjacent to an activating group) is 1. The van der Waals surface area contributed by atoms with Crippen molar-refractivity contribution in [3.8, 4) is 5.75 Å². The molecule has 130 valence electrons. The van der Waals surface area contributed by atoms with Gasteiger partial charge in [-0.15, -0.1) is 0 Å². The molecule has 0 atom stereocenters. The average molecular weight is 335 g/mol. The van der Waals surface area contributed by atoms with Gasteiger partial charge < -0.3 is 29.8 Å². The van der Waals surface area contributed by atoms with Gasteiger partial charge in [0.05, 0.1) is 32.9 Å². The van der Waals surface area contributed by atoms with Crippen LogP contribution in [0.5, 0.6) is 5.75 Å². The molecule has 1 aromatic rings. The Morgan fingerprint density at radius 2 is 2.08 bits per heavy atom. The van der Waals surface area contributed by atoms with E-state index in [9.17, 15) is 19.5 Å². The predicted molar refractivity (Wildman–Crippen MR) is 84.8 cm³/mol. The van der Waals surface area contributed by atoms with Crippen LogP contribution in [0.2, 0.25) is 0 Å². The Bertz CT molecular complexity index is 645. The number of nitrogens with one attached hydrogen (secondary N) is 2. The fraction of sp³-hybridized carbons (Fsp3) is 0.438. The van der Waals surface area contributed by atoms with E-state index in [2.05, 4.69) is 5.32 Å². The molecule has 0 saturated heterocycles. The van der Waals surface area contributed by atoms with Crippen LogP contribution in [0.1, 0.15) is 12.8 Å². The van der Waals surface area contributed by atoms with E-state index in [1.165, 1.54) is 4.90 Å². The lowest BCUT2D eigenvalue weighted by atomic mass is 10.2. The Kier molecular flexibility index (Phi) is 5.75. The number of quaternary nitrogens is 1. The summed E-state index contributed by atoms with van der Waals surface area (Å²) in [5.74, 6) is -1.25. The molecule has 0 aliphatic carbocycles. The first-order chi connectivity index (χ1) is 11.4. The Labute approximate surface area is 140 Å². The van der Waals surface area contributed by atoms with Crippen molar-refractivity contribution in [2.75, 3.05) is 44.0 Å². The van der Waals surface area contributed by atoms with Crippen molar-refractivity contribution in [1.29, 1.82) is 0 Å². The van der Waals surface area contributed by atoms with Crippen molar-refractivity contribution in [1.82, 2.24) is 0 Å². The zero-order valence-electron chi connectivity index (χ0n) is 13.8. The van der Waals surface area contributed by atoms with Gasteiger partial charge in [0.15, 0.2) is 6.61 Å². The van der Waals surface area contributed by atoms with Gasteiger partial charge in [-0.05, 0) is 24.6 Å². The molecular formula is C16H21N3O5. The average Bonchev–Trinajstić information content (AvgIpc) is 2.51. The number of carbonyl (C=O) groups is 3. The third-order valence-electron chi connectivity index (χ3n) is 3.58. The Hall–Kier alpha value is -2.61. The molecule has 1 aromatic carbocycles. The fourth-order valence-electron chi connectivity index (χ4n) is 2.30. The van der Waals surface area contributed by atoms with E-state index in [1.807, 2.05) is 14.1 Å². The molecule has 2 rings (SSSR count). The first-order valence-electron chi connectivity index (χ1n) is 7.72. The lowest BCUT2D eigenvalue weighted by Gasteiger charge is -2.30. The lowest BCUT2D eigenvalue weighted by Crippen LogP contribution is -3.06. The van der Waals surface area contributed by atoms with Crippen molar-refractivity contribution in [3.05, 3.63) is 18.2 Å². The largest absolute Gasteiger partial charge is 0.550 e. The second-order valence-corrected chi connectivity index (χ2v) is 5.89. The van der Waals surface area contributed by atoms with E-state index < -0.39 is 11.9 Å². The molecule has 1 aliphatic rings. The standard InChI is InChI=1S/C16H21N3O5/c1-18(2)7-8-19-12-9-11(17-14(20)5-6-16(22)23)3-4-13(12)24-10-15(19)21/h3-4,9H,5-8,10H2,1-2H3,(H,17,20)(H,22,23). The molecule has 0 fully saturated rings. The van der Waals surface area contributed by atoms with Gasteiger partial charge in [-0.2, -0.15) is 0 Å². The number of hydrogen-bond donors (Lipinski definition) is 2. The van der Waals surface area contributed by atoms with Crippen molar-refractivity contribution >= 4 is 29.2 Å². The summed E-state index contributed by atoms with van der Waals surface area (Å²) in [5.41, 5.74) is 1.09. The molecular weight excluding hydrogens is 314 g/mol. The maximum atomic E-state index is 12.1. The van der Waals surface area contributed by atoms with Crippen LogP contribution in [0.3, 0.4) is 0 Å². The molecule has 2 N–H and O–H groups in total. The zero-order valence-corrected chi connectivity index (χ0v) is 13.8. The van der Waals surface area contributed by atoms with Crippen molar-refractivity contribution in [2.45, 2.75) is 12.8 Å². The molecule has 8 nitrogen and oxygen atoms in total. The number of fused-ring (bicyclic) bond motifs is 1. The Morgan fingerprint density at radius 1 is 1.33 bits per heavy atom. The highest BCUT2D eigenvalue weighted by molar-refractivity contribution is 5.99. The van der Waals surface area contributed by atoms with Gasteiger partial charge in [-0.25, -0.2) is 0 Å². The number of aliphatic carboxylic acids is 1. The number of carboxylic acid groups (broad SMARTS) is 1. The van der Waals surface area contributed by atoms with Gasteiger partial charge in [0.1, 0.15) is 5.75 Å². The number of carbonyl (C=O) groups excluding carboxylic acids is 3. The molecule has 8 heteroatoms. The van der Waals surface area contributed by atoms with Gasteiger partial charge in [-0.3, -0.25) is 9.59 Å². The highest BCUT2D eigenvalue weighted by Crippen LogP contribution is 2.34. The number of amides is 2. The van der Waals surface area contributed by atoms with Crippen LogP contribution in [0.15, 0.2) is 18.2 Å². The molecule has 1 heterocycles. The minimum atomic E-state index is -1.27. The molecule has 0 saturated carbocycles. The second-order valence-electron chi connectivity index (χ2n) is 5.89. The predicted octanol–water partition coefficient (Wildman–Crippen LogP) is -1.97. The van der Waals surface area contributed by atoms with Crippen LogP contribution in [0.4, 0.5) is 11.4 Å². The topological polar surface area (TPSA) is 103 Å². The molecule has 0 radical (unpaired) electrons. The summed E-state index contributed by atoms with van der Waals surface area (Å²) in [6, 6.07) is 5.00. The molecule has 0 bridgehead atoms. The summed E-state index contributed by atoms with van der Waals surface area (Å²) in [6.07, 6.45) is -0.501. The van der Waals surface area contributed by atoms with Gasteiger partial charge in [0, 0.05) is 18.1 Å². The Morgan fingerprint density at radius 3 is 2.75 bits per heavy atom. The number of nitrogens with zero attached hydrogens (tertiary/aromatic N) is 1. The number of benzene rings is 1. The fourth-order valence-corrected chi connectivity index (χ4v) is 2.30. The number of hydrogen-bond acceptors (Lipinski definition) is 5. The quantitative estimate of drug-likeness (QED) is 0.601. The summed E-state index contributed by atoms with van der Waals surface area (Å²) in [4.78, 5) is 37.1. The highest BCUT2D eigenvalue weighted by atomic mass is 16.5. The minimum absolute atomic E-state index is 0.00687. The summed E-state index contributed by atoms with van der Waals surface area (Å²) >= 11 is 0. The monoisotopic (exact) mass is 335 g/mol.